The van der Waals surface area contributed by atoms with Gasteiger partial charge in [-0.25, -0.2) is 0 Å². The van der Waals surface area contributed by atoms with Crippen LogP contribution < -0.4 is 10.5 Å². The molecule has 0 radical (unpaired) electrons. The van der Waals surface area contributed by atoms with E-state index < -0.39 is 0 Å². The number of fused-ring (bicyclic) bond motifs is 1. The fourth-order valence-electron chi connectivity index (χ4n) is 3.03. The number of ether oxygens (including phenoxy) is 1. The predicted molar refractivity (Wildman–Crippen MR) is 70.0 cm³/mol. The Morgan fingerprint density at radius 2 is 2.37 bits per heavy atom. The van der Waals surface area contributed by atoms with Crippen LogP contribution in [0.2, 0.25) is 0 Å². The Balaban J connectivity index is 2.10. The van der Waals surface area contributed by atoms with Gasteiger partial charge in [-0.3, -0.25) is 5.10 Å². The van der Waals surface area contributed by atoms with Gasteiger partial charge in [0.2, 0.25) is 11.8 Å². The smallest absolute Gasteiger partial charge is 0.243 e. The number of nitriles is 1. The summed E-state index contributed by atoms with van der Waals surface area (Å²) in [5, 5.41) is 16.5. The van der Waals surface area contributed by atoms with Crippen molar-refractivity contribution >= 4 is 0 Å². The maximum atomic E-state index is 9.40. The molecule has 2 aliphatic rings. The molecule has 0 saturated carbocycles. The van der Waals surface area contributed by atoms with Gasteiger partial charge in [0.25, 0.3) is 0 Å². The lowest BCUT2D eigenvalue weighted by molar-refractivity contribution is 0.339. The summed E-state index contributed by atoms with van der Waals surface area (Å²) >= 11 is 0. The molecule has 2 heterocycles. The molecule has 2 atom stereocenters. The number of H-pyrrole nitrogens is 1. The molecule has 0 aromatic carbocycles. The highest BCUT2D eigenvalue weighted by Crippen LogP contribution is 2.46. The molecule has 0 spiro atoms. The second kappa shape index (κ2) is 4.47. The van der Waals surface area contributed by atoms with Crippen LogP contribution in [0.5, 0.6) is 5.88 Å². The molecule has 0 amide bonds. The van der Waals surface area contributed by atoms with Crippen molar-refractivity contribution in [1.82, 2.24) is 10.2 Å². The minimum atomic E-state index is -0.00236. The Morgan fingerprint density at radius 1 is 1.53 bits per heavy atom. The third-order valence-electron chi connectivity index (χ3n) is 3.96. The van der Waals surface area contributed by atoms with Crippen molar-refractivity contribution in [3.8, 4) is 11.9 Å². The Kier molecular flexibility index (Phi) is 2.79. The quantitative estimate of drug-likeness (QED) is 0.754. The zero-order chi connectivity index (χ0) is 13.4. The third-order valence-corrected chi connectivity index (χ3v) is 3.96. The first-order chi connectivity index (χ1) is 9.22. The minimum absolute atomic E-state index is 0.00236. The molecule has 1 aliphatic heterocycles. The van der Waals surface area contributed by atoms with Crippen LogP contribution >= 0.6 is 0 Å². The van der Waals surface area contributed by atoms with Crippen molar-refractivity contribution in [3.05, 3.63) is 34.9 Å². The third kappa shape index (κ3) is 1.80. The number of hydrogen-bond acceptors (Lipinski definition) is 4. The molecule has 98 valence electrons. The highest BCUT2D eigenvalue weighted by atomic mass is 16.5. The number of allylic oxidation sites excluding steroid dienone is 3. The topological polar surface area (TPSA) is 87.7 Å². The van der Waals surface area contributed by atoms with Crippen LogP contribution in [0.1, 0.15) is 36.4 Å². The van der Waals surface area contributed by atoms with E-state index in [0.717, 1.165) is 30.5 Å². The maximum absolute atomic E-state index is 9.40. The number of rotatable bonds is 1. The lowest BCUT2D eigenvalue weighted by Crippen LogP contribution is -2.25. The minimum Gasteiger partial charge on any atom is -0.420 e. The number of aromatic nitrogens is 2. The van der Waals surface area contributed by atoms with E-state index in [2.05, 4.69) is 28.4 Å². The number of aryl methyl sites for hydroxylation is 1. The first-order valence-corrected chi connectivity index (χ1v) is 6.49. The Labute approximate surface area is 111 Å². The van der Waals surface area contributed by atoms with Crippen molar-refractivity contribution in [2.45, 2.75) is 32.1 Å². The normalized spacial score (nSPS) is 25.7. The van der Waals surface area contributed by atoms with Crippen LogP contribution in [0, 0.1) is 24.2 Å². The van der Waals surface area contributed by atoms with Crippen LogP contribution in [0.4, 0.5) is 0 Å². The molecule has 0 fully saturated rings. The summed E-state index contributed by atoms with van der Waals surface area (Å²) in [6.07, 6.45) is 7.45. The second-order valence-electron chi connectivity index (χ2n) is 5.08. The van der Waals surface area contributed by atoms with Gasteiger partial charge < -0.3 is 10.5 Å². The summed E-state index contributed by atoms with van der Waals surface area (Å²) in [6, 6.07) is 2.22. The van der Waals surface area contributed by atoms with Gasteiger partial charge in [-0.1, -0.05) is 12.2 Å². The summed E-state index contributed by atoms with van der Waals surface area (Å²) in [7, 11) is 0. The molecule has 0 saturated heterocycles. The Morgan fingerprint density at radius 3 is 3.05 bits per heavy atom. The average molecular weight is 256 g/mol. The molecule has 1 aliphatic carbocycles. The average Bonchev–Trinajstić information content (AvgIpc) is 2.79. The summed E-state index contributed by atoms with van der Waals surface area (Å²) in [5.74, 6) is 1.10. The van der Waals surface area contributed by atoms with Crippen molar-refractivity contribution in [1.29, 1.82) is 5.26 Å². The molecule has 1 aromatic heterocycles. The fourth-order valence-corrected chi connectivity index (χ4v) is 3.03. The number of nitrogens with two attached hydrogens (primary N) is 1. The predicted octanol–water partition coefficient (Wildman–Crippen LogP) is 2.24. The molecular formula is C14H16N4O. The van der Waals surface area contributed by atoms with Gasteiger partial charge in [0, 0.05) is 17.2 Å². The molecule has 3 rings (SSSR count). The summed E-state index contributed by atoms with van der Waals surface area (Å²) in [4.78, 5) is 0. The van der Waals surface area contributed by atoms with Crippen LogP contribution in [0.3, 0.4) is 0 Å². The number of hydrogen-bond donors (Lipinski definition) is 2. The van der Waals surface area contributed by atoms with E-state index in [-0.39, 0.29) is 11.8 Å². The van der Waals surface area contributed by atoms with E-state index >= 15 is 0 Å². The first kappa shape index (κ1) is 11.8. The zero-order valence-electron chi connectivity index (χ0n) is 10.8. The molecule has 5 heteroatoms. The zero-order valence-corrected chi connectivity index (χ0v) is 10.8. The van der Waals surface area contributed by atoms with Gasteiger partial charge in [-0.2, -0.15) is 5.26 Å². The van der Waals surface area contributed by atoms with Crippen molar-refractivity contribution < 1.29 is 4.74 Å². The largest absolute Gasteiger partial charge is 0.420 e. The monoisotopic (exact) mass is 256 g/mol. The standard InChI is InChI=1S/C14H16N4O/c1-8-11-12(9-5-3-2-4-6-9)10(7-15)13(16)19-14(11)18-17-8/h2-3,9,12H,4-6,16H2,1H3,(H,17,18)/t9-,12-/m1/s1. The molecule has 0 bridgehead atoms. The van der Waals surface area contributed by atoms with Gasteiger partial charge in [0.05, 0.1) is 5.57 Å². The van der Waals surface area contributed by atoms with Gasteiger partial charge >= 0.3 is 0 Å². The van der Waals surface area contributed by atoms with Crippen molar-refractivity contribution in [3.63, 3.8) is 0 Å². The van der Waals surface area contributed by atoms with E-state index in [9.17, 15) is 5.26 Å². The molecule has 1 aromatic rings. The van der Waals surface area contributed by atoms with Crippen LogP contribution in [-0.2, 0) is 0 Å². The van der Waals surface area contributed by atoms with Gasteiger partial charge in [-0.15, -0.1) is 5.10 Å². The molecule has 0 unspecified atom stereocenters. The summed E-state index contributed by atoms with van der Waals surface area (Å²) in [6.45, 7) is 1.96. The van der Waals surface area contributed by atoms with E-state index in [0.29, 0.717) is 17.4 Å². The van der Waals surface area contributed by atoms with E-state index in [1.807, 2.05) is 6.92 Å². The highest BCUT2D eigenvalue weighted by molar-refractivity contribution is 5.49. The molecule has 5 nitrogen and oxygen atoms in total. The number of aromatic amines is 1. The van der Waals surface area contributed by atoms with Gasteiger partial charge in [0.15, 0.2) is 0 Å². The van der Waals surface area contributed by atoms with Crippen molar-refractivity contribution in [2.24, 2.45) is 11.7 Å². The highest BCUT2D eigenvalue weighted by Gasteiger charge is 2.37. The lowest BCUT2D eigenvalue weighted by Gasteiger charge is -2.31. The Hall–Kier alpha value is -2.22. The molecule has 19 heavy (non-hydrogen) atoms. The SMILES string of the molecule is Cc1[nH]nc2c1[C@H]([C@@H]1CC=CCC1)C(C#N)=C(N)O2. The second-order valence-corrected chi connectivity index (χ2v) is 5.08. The Bertz CT molecular complexity index is 605. The van der Waals surface area contributed by atoms with Crippen LogP contribution in [0.25, 0.3) is 0 Å². The van der Waals surface area contributed by atoms with Gasteiger partial charge in [-0.05, 0) is 32.1 Å². The number of nitrogens with zero attached hydrogens (tertiary/aromatic N) is 2. The maximum Gasteiger partial charge on any atom is 0.243 e. The number of nitrogens with one attached hydrogen (secondary N) is 1. The summed E-state index contributed by atoms with van der Waals surface area (Å²) in [5.41, 5.74) is 8.36. The molecule has 3 N–H and O–H groups in total. The van der Waals surface area contributed by atoms with E-state index in [4.69, 9.17) is 10.5 Å². The van der Waals surface area contributed by atoms with E-state index in [1.165, 1.54) is 0 Å². The van der Waals surface area contributed by atoms with Crippen LogP contribution in [-0.4, -0.2) is 10.2 Å². The molecular weight excluding hydrogens is 240 g/mol. The lowest BCUT2D eigenvalue weighted by atomic mass is 9.74. The van der Waals surface area contributed by atoms with E-state index in [1.54, 1.807) is 0 Å². The summed E-state index contributed by atoms with van der Waals surface area (Å²) < 4.78 is 5.45. The van der Waals surface area contributed by atoms with Crippen LogP contribution in [0.15, 0.2) is 23.6 Å². The van der Waals surface area contributed by atoms with Crippen molar-refractivity contribution in [2.75, 3.05) is 0 Å². The fraction of sp³-hybridized carbons (Fsp3) is 0.429. The van der Waals surface area contributed by atoms with Gasteiger partial charge in [0.1, 0.15) is 6.07 Å². The first-order valence-electron chi connectivity index (χ1n) is 6.49.